The average molecular weight is 270 g/mol. The number of hydrogen-bond acceptors (Lipinski definition) is 1. The van der Waals surface area contributed by atoms with Gasteiger partial charge in [-0.25, -0.2) is 4.39 Å². The molecule has 0 aromatic heterocycles. The van der Waals surface area contributed by atoms with Gasteiger partial charge in [-0.3, -0.25) is 0 Å². The van der Waals surface area contributed by atoms with Crippen molar-refractivity contribution in [1.82, 2.24) is 5.32 Å². The highest BCUT2D eigenvalue weighted by atomic mass is 35.5. The summed E-state index contributed by atoms with van der Waals surface area (Å²) in [6.45, 7) is 0. The molecule has 0 saturated heterocycles. The first kappa shape index (κ1) is 13.8. The van der Waals surface area contributed by atoms with Crippen molar-refractivity contribution in [3.63, 3.8) is 0 Å². The van der Waals surface area contributed by atoms with Crippen LogP contribution in [0.3, 0.4) is 0 Å². The topological polar surface area (TPSA) is 12.0 Å². The molecule has 1 aromatic rings. The smallest absolute Gasteiger partial charge is 0.124 e. The number of nitrogens with one attached hydrogen (secondary N) is 1. The van der Waals surface area contributed by atoms with Crippen LogP contribution in [0.4, 0.5) is 4.39 Å². The maximum absolute atomic E-state index is 13.1. The van der Waals surface area contributed by atoms with Crippen molar-refractivity contribution in [3.8, 4) is 0 Å². The maximum atomic E-state index is 13.1. The summed E-state index contributed by atoms with van der Waals surface area (Å²) in [4.78, 5) is 0. The second-order valence-electron chi connectivity index (χ2n) is 5.18. The molecule has 18 heavy (non-hydrogen) atoms. The quantitative estimate of drug-likeness (QED) is 0.784. The molecule has 3 heteroatoms. The van der Waals surface area contributed by atoms with Crippen LogP contribution < -0.4 is 5.32 Å². The van der Waals surface area contributed by atoms with Crippen LogP contribution in [0.15, 0.2) is 18.2 Å². The molecule has 1 aliphatic rings. The summed E-state index contributed by atoms with van der Waals surface area (Å²) in [6.07, 6.45) is 7.73. The van der Waals surface area contributed by atoms with Crippen LogP contribution in [0, 0.1) is 11.7 Å². The number of hydrogen-bond donors (Lipinski definition) is 1. The minimum atomic E-state index is -0.264. The lowest BCUT2D eigenvalue weighted by molar-refractivity contribution is 0.341. The zero-order valence-corrected chi connectivity index (χ0v) is 11.6. The third kappa shape index (κ3) is 3.24. The van der Waals surface area contributed by atoms with Crippen molar-refractivity contribution in [3.05, 3.63) is 34.6 Å². The monoisotopic (exact) mass is 269 g/mol. The van der Waals surface area contributed by atoms with E-state index in [2.05, 4.69) is 5.32 Å². The molecule has 0 amide bonds. The summed E-state index contributed by atoms with van der Waals surface area (Å²) in [5.74, 6) is 0.347. The van der Waals surface area contributed by atoms with Gasteiger partial charge in [-0.05, 0) is 43.5 Å². The molecule has 1 atom stereocenters. The van der Waals surface area contributed by atoms with Crippen LogP contribution in [0.25, 0.3) is 0 Å². The van der Waals surface area contributed by atoms with E-state index < -0.39 is 0 Å². The van der Waals surface area contributed by atoms with Gasteiger partial charge in [-0.2, -0.15) is 0 Å². The molecule has 1 nitrogen and oxygen atoms in total. The second-order valence-corrected chi connectivity index (χ2v) is 5.59. The SMILES string of the molecule is CNC(c1ccc(F)cc1Cl)C1CCCCCC1. The normalized spacial score (nSPS) is 19.5. The Labute approximate surface area is 114 Å². The lowest BCUT2D eigenvalue weighted by atomic mass is 9.87. The Morgan fingerprint density at radius 1 is 1.22 bits per heavy atom. The summed E-state index contributed by atoms with van der Waals surface area (Å²) >= 11 is 6.18. The molecule has 0 aliphatic heterocycles. The van der Waals surface area contributed by atoms with Gasteiger partial charge < -0.3 is 5.32 Å². The predicted molar refractivity (Wildman–Crippen MR) is 74.4 cm³/mol. The minimum absolute atomic E-state index is 0.246. The highest BCUT2D eigenvalue weighted by Gasteiger charge is 2.24. The van der Waals surface area contributed by atoms with Crippen LogP contribution >= 0.6 is 11.6 Å². The van der Waals surface area contributed by atoms with Gasteiger partial charge in [0, 0.05) is 11.1 Å². The van der Waals surface area contributed by atoms with Gasteiger partial charge in [0.15, 0.2) is 0 Å². The third-order valence-electron chi connectivity index (χ3n) is 3.98. The average Bonchev–Trinajstić information content (AvgIpc) is 2.62. The van der Waals surface area contributed by atoms with E-state index in [4.69, 9.17) is 11.6 Å². The Bertz CT molecular complexity index is 386. The van der Waals surface area contributed by atoms with Crippen molar-refractivity contribution in [2.45, 2.75) is 44.6 Å². The Morgan fingerprint density at radius 3 is 2.44 bits per heavy atom. The summed E-state index contributed by atoms with van der Waals surface area (Å²) in [7, 11) is 1.97. The maximum Gasteiger partial charge on any atom is 0.124 e. The van der Waals surface area contributed by atoms with E-state index in [0.29, 0.717) is 10.9 Å². The summed E-state index contributed by atoms with van der Waals surface area (Å²) in [5.41, 5.74) is 1.03. The molecule has 2 rings (SSSR count). The van der Waals surface area contributed by atoms with Crippen LogP contribution in [0.5, 0.6) is 0 Å². The van der Waals surface area contributed by atoms with E-state index >= 15 is 0 Å². The van der Waals surface area contributed by atoms with E-state index in [-0.39, 0.29) is 11.9 Å². The molecule has 0 spiro atoms. The Balaban J connectivity index is 2.20. The molecule has 0 bridgehead atoms. The zero-order valence-electron chi connectivity index (χ0n) is 10.9. The lowest BCUT2D eigenvalue weighted by Crippen LogP contribution is -2.25. The fourth-order valence-corrected chi connectivity index (χ4v) is 3.33. The zero-order chi connectivity index (χ0) is 13.0. The van der Waals surface area contributed by atoms with Gasteiger partial charge >= 0.3 is 0 Å². The van der Waals surface area contributed by atoms with Crippen LogP contribution in [0.1, 0.15) is 50.1 Å². The molecular formula is C15H21ClFN. The molecule has 1 unspecified atom stereocenters. The summed E-state index contributed by atoms with van der Waals surface area (Å²) in [6, 6.07) is 4.99. The molecule has 1 fully saturated rings. The molecule has 0 heterocycles. The number of rotatable bonds is 3. The fraction of sp³-hybridized carbons (Fsp3) is 0.600. The first-order chi connectivity index (χ1) is 8.72. The van der Waals surface area contributed by atoms with Gasteiger partial charge in [-0.1, -0.05) is 43.4 Å². The van der Waals surface area contributed by atoms with Crippen LogP contribution in [-0.2, 0) is 0 Å². The van der Waals surface area contributed by atoms with Crippen molar-refractivity contribution < 1.29 is 4.39 Å². The highest BCUT2D eigenvalue weighted by Crippen LogP contribution is 2.36. The van der Waals surface area contributed by atoms with E-state index in [9.17, 15) is 4.39 Å². The van der Waals surface area contributed by atoms with Gasteiger partial charge in [-0.15, -0.1) is 0 Å². The first-order valence-corrected chi connectivity index (χ1v) is 7.22. The Hall–Kier alpha value is -0.600. The number of benzene rings is 1. The minimum Gasteiger partial charge on any atom is -0.313 e. The molecule has 1 aliphatic carbocycles. The molecule has 1 N–H and O–H groups in total. The van der Waals surface area contributed by atoms with Crippen molar-refractivity contribution in [1.29, 1.82) is 0 Å². The standard InChI is InChI=1S/C15H21ClFN/c1-18-15(11-6-4-2-3-5-7-11)13-9-8-12(17)10-14(13)16/h8-11,15,18H,2-7H2,1H3. The van der Waals surface area contributed by atoms with Crippen molar-refractivity contribution in [2.24, 2.45) is 5.92 Å². The molecule has 1 saturated carbocycles. The molecular weight excluding hydrogens is 249 g/mol. The van der Waals surface area contributed by atoms with E-state index in [1.165, 1.54) is 50.7 Å². The van der Waals surface area contributed by atoms with Gasteiger partial charge in [0.05, 0.1) is 0 Å². The fourth-order valence-electron chi connectivity index (χ4n) is 3.04. The Morgan fingerprint density at radius 2 is 1.89 bits per heavy atom. The predicted octanol–water partition coefficient (Wildman–Crippen LogP) is 4.71. The van der Waals surface area contributed by atoms with Crippen LogP contribution in [-0.4, -0.2) is 7.05 Å². The van der Waals surface area contributed by atoms with Crippen molar-refractivity contribution in [2.75, 3.05) is 7.05 Å². The largest absolute Gasteiger partial charge is 0.313 e. The van der Waals surface area contributed by atoms with Gasteiger partial charge in [0.2, 0.25) is 0 Å². The van der Waals surface area contributed by atoms with E-state index in [1.807, 2.05) is 13.1 Å². The number of halogens is 2. The Kier molecular flexibility index (Phi) is 5.02. The van der Waals surface area contributed by atoms with Gasteiger partial charge in [0.1, 0.15) is 5.82 Å². The van der Waals surface area contributed by atoms with Crippen molar-refractivity contribution >= 4 is 11.6 Å². The summed E-state index contributed by atoms with van der Waals surface area (Å²) in [5, 5.41) is 3.91. The van der Waals surface area contributed by atoms with E-state index in [1.54, 1.807) is 0 Å². The third-order valence-corrected chi connectivity index (χ3v) is 4.31. The molecule has 100 valence electrons. The lowest BCUT2D eigenvalue weighted by Gasteiger charge is -2.27. The summed E-state index contributed by atoms with van der Waals surface area (Å²) < 4.78 is 13.1. The van der Waals surface area contributed by atoms with Crippen LogP contribution in [0.2, 0.25) is 5.02 Å². The van der Waals surface area contributed by atoms with E-state index in [0.717, 1.165) is 5.56 Å². The first-order valence-electron chi connectivity index (χ1n) is 6.84. The van der Waals surface area contributed by atoms with Gasteiger partial charge in [0.25, 0.3) is 0 Å². The highest BCUT2D eigenvalue weighted by molar-refractivity contribution is 6.31. The second kappa shape index (κ2) is 6.53. The molecule has 1 aromatic carbocycles. The molecule has 0 radical (unpaired) electrons.